The number of carbonyl (C=O) groups is 1. The quantitative estimate of drug-likeness (QED) is 0.766. The van der Waals surface area contributed by atoms with E-state index in [0.29, 0.717) is 35.7 Å². The molecule has 0 bridgehead atoms. The van der Waals surface area contributed by atoms with Crippen molar-refractivity contribution >= 4 is 28.5 Å². The lowest BCUT2D eigenvalue weighted by atomic mass is 9.93. The zero-order chi connectivity index (χ0) is 18.5. The Kier molecular flexibility index (Phi) is 3.46. The molecule has 136 valence electrons. The second-order valence-corrected chi connectivity index (χ2v) is 7.06. The maximum absolute atomic E-state index is 12.8. The molecule has 3 heterocycles. The Morgan fingerprint density at radius 2 is 2.15 bits per heavy atom. The molecule has 0 saturated heterocycles. The third kappa shape index (κ3) is 2.56. The Morgan fingerprint density at radius 3 is 2.89 bits per heavy atom. The number of rotatable bonds is 3. The molecule has 2 aromatic heterocycles. The Hall–Kier alpha value is -3.29. The summed E-state index contributed by atoms with van der Waals surface area (Å²) in [6.45, 7) is 0.556. The van der Waals surface area contributed by atoms with E-state index in [-0.39, 0.29) is 11.1 Å². The molecule has 1 fully saturated rings. The van der Waals surface area contributed by atoms with Gasteiger partial charge in [-0.15, -0.1) is 5.10 Å². The largest absolute Gasteiger partial charge is 0.478 e. The van der Waals surface area contributed by atoms with E-state index in [9.17, 15) is 14.7 Å². The Balaban J connectivity index is 1.58. The predicted molar refractivity (Wildman–Crippen MR) is 98.4 cm³/mol. The topological polar surface area (TPSA) is 103 Å². The summed E-state index contributed by atoms with van der Waals surface area (Å²) in [7, 11) is 0. The van der Waals surface area contributed by atoms with E-state index in [0.717, 1.165) is 24.1 Å². The third-order valence-electron chi connectivity index (χ3n) is 5.39. The van der Waals surface area contributed by atoms with Crippen LogP contribution in [0.4, 0.5) is 0 Å². The highest BCUT2D eigenvalue weighted by Gasteiger charge is 2.23. The number of aromatic nitrogens is 5. The fourth-order valence-corrected chi connectivity index (χ4v) is 3.65. The fraction of sp³-hybridized carbons (Fsp3) is 0.316. The van der Waals surface area contributed by atoms with Gasteiger partial charge in [0.2, 0.25) is 0 Å². The van der Waals surface area contributed by atoms with Gasteiger partial charge in [0.25, 0.3) is 5.56 Å². The molecule has 1 aliphatic carbocycles. The molecule has 1 aromatic carbocycles. The number of benzene rings is 1. The van der Waals surface area contributed by atoms with Crippen molar-refractivity contribution in [1.82, 2.24) is 24.5 Å². The van der Waals surface area contributed by atoms with Crippen LogP contribution in [0.15, 0.2) is 29.2 Å². The lowest BCUT2D eigenvalue weighted by molar-refractivity contribution is 0.0697. The minimum atomic E-state index is -1.04. The van der Waals surface area contributed by atoms with Crippen molar-refractivity contribution in [3.8, 4) is 0 Å². The summed E-state index contributed by atoms with van der Waals surface area (Å²) in [6.07, 6.45) is 8.03. The summed E-state index contributed by atoms with van der Waals surface area (Å²) in [5.74, 6) is -0.462. The summed E-state index contributed by atoms with van der Waals surface area (Å²) in [4.78, 5) is 28.6. The number of hydrogen-bond donors (Lipinski definition) is 1. The first-order valence-corrected chi connectivity index (χ1v) is 9.01. The van der Waals surface area contributed by atoms with E-state index < -0.39 is 5.97 Å². The van der Waals surface area contributed by atoms with Crippen molar-refractivity contribution in [1.29, 1.82) is 0 Å². The minimum Gasteiger partial charge on any atom is -0.478 e. The van der Waals surface area contributed by atoms with Gasteiger partial charge in [0, 0.05) is 6.54 Å². The smallest absolute Gasteiger partial charge is 0.335 e. The molecular weight excluding hydrogens is 346 g/mol. The number of carboxylic acid groups (broad SMARTS) is 1. The first-order chi connectivity index (χ1) is 13.1. The Labute approximate surface area is 153 Å². The number of allylic oxidation sites excluding steroid dienone is 1. The molecule has 0 radical (unpaired) electrons. The molecule has 8 heteroatoms. The number of carboxylic acids is 1. The monoisotopic (exact) mass is 363 g/mol. The van der Waals surface area contributed by atoms with Crippen LogP contribution in [0.2, 0.25) is 0 Å². The van der Waals surface area contributed by atoms with E-state index in [1.54, 1.807) is 4.57 Å². The van der Waals surface area contributed by atoms with Crippen LogP contribution in [0.5, 0.6) is 0 Å². The van der Waals surface area contributed by atoms with Crippen LogP contribution in [-0.2, 0) is 6.54 Å². The van der Waals surface area contributed by atoms with Crippen LogP contribution in [0.3, 0.4) is 0 Å². The van der Waals surface area contributed by atoms with Gasteiger partial charge in [-0.05, 0) is 55.5 Å². The molecule has 8 nitrogen and oxygen atoms in total. The molecule has 27 heavy (non-hydrogen) atoms. The zero-order valence-corrected chi connectivity index (χ0v) is 14.5. The highest BCUT2D eigenvalue weighted by atomic mass is 16.4. The van der Waals surface area contributed by atoms with E-state index in [2.05, 4.69) is 15.3 Å². The van der Waals surface area contributed by atoms with Crippen LogP contribution < -0.4 is 5.56 Å². The molecule has 1 aliphatic heterocycles. The van der Waals surface area contributed by atoms with Gasteiger partial charge >= 0.3 is 5.97 Å². The summed E-state index contributed by atoms with van der Waals surface area (Å²) >= 11 is 0. The first kappa shape index (κ1) is 15.9. The van der Waals surface area contributed by atoms with Crippen molar-refractivity contribution in [3.63, 3.8) is 0 Å². The summed E-state index contributed by atoms with van der Waals surface area (Å²) < 4.78 is 3.55. The van der Waals surface area contributed by atoms with Gasteiger partial charge in [-0.2, -0.15) is 0 Å². The maximum atomic E-state index is 12.8. The molecule has 1 saturated carbocycles. The summed E-state index contributed by atoms with van der Waals surface area (Å²) in [5.41, 5.74) is 2.03. The Morgan fingerprint density at radius 1 is 1.30 bits per heavy atom. The second-order valence-electron chi connectivity index (χ2n) is 7.06. The highest BCUT2D eigenvalue weighted by molar-refractivity contribution is 5.93. The standard InChI is InChI=1S/C19H17N5O3/c25-18-15-5-4-12(19(26)27)9-16(15)20-17-11(6-7-23(17)18)8-13-10-24(22-21-13)14-2-1-3-14/h4-5,8-10,14H,1-3,6-7H2,(H,26,27). The normalized spacial score (nSPS) is 18.0. The lowest BCUT2D eigenvalue weighted by Gasteiger charge is -2.24. The van der Waals surface area contributed by atoms with E-state index in [4.69, 9.17) is 0 Å². The fourth-order valence-electron chi connectivity index (χ4n) is 3.65. The maximum Gasteiger partial charge on any atom is 0.335 e. The number of nitrogens with zero attached hydrogens (tertiary/aromatic N) is 5. The number of aromatic carboxylic acids is 1. The molecule has 2 aliphatic rings. The predicted octanol–water partition coefficient (Wildman–Crippen LogP) is 2.36. The Bertz CT molecular complexity index is 1170. The van der Waals surface area contributed by atoms with Gasteiger partial charge in [0.1, 0.15) is 11.5 Å². The van der Waals surface area contributed by atoms with Crippen LogP contribution >= 0.6 is 0 Å². The number of fused-ring (bicyclic) bond motifs is 2. The SMILES string of the molecule is O=C(O)c1ccc2c(=O)n3c(nc2c1)C(=Cc1cn(C2CCC2)nn1)CC3. The average Bonchev–Trinajstić information content (AvgIpc) is 3.21. The molecule has 0 spiro atoms. The van der Waals surface area contributed by atoms with E-state index in [1.165, 1.54) is 24.6 Å². The zero-order valence-electron chi connectivity index (χ0n) is 14.5. The van der Waals surface area contributed by atoms with Crippen molar-refractivity contribution in [2.45, 2.75) is 38.3 Å². The van der Waals surface area contributed by atoms with Crippen LogP contribution in [0.1, 0.15) is 53.6 Å². The highest BCUT2D eigenvalue weighted by Crippen LogP contribution is 2.31. The third-order valence-corrected chi connectivity index (χ3v) is 5.39. The van der Waals surface area contributed by atoms with Gasteiger partial charge in [0.15, 0.2) is 0 Å². The summed E-state index contributed by atoms with van der Waals surface area (Å²) in [5, 5.41) is 18.0. The molecule has 3 aromatic rings. The average molecular weight is 363 g/mol. The van der Waals surface area contributed by atoms with Gasteiger partial charge in [-0.1, -0.05) is 5.21 Å². The molecule has 5 rings (SSSR count). The molecular formula is C19H17N5O3. The first-order valence-electron chi connectivity index (χ1n) is 9.01. The van der Waals surface area contributed by atoms with Crippen molar-refractivity contribution in [3.05, 3.63) is 51.8 Å². The van der Waals surface area contributed by atoms with Crippen LogP contribution in [0.25, 0.3) is 22.6 Å². The van der Waals surface area contributed by atoms with Crippen molar-refractivity contribution in [2.24, 2.45) is 0 Å². The second kappa shape index (κ2) is 5.87. The molecule has 0 amide bonds. The van der Waals surface area contributed by atoms with Gasteiger partial charge in [-0.3, -0.25) is 9.36 Å². The van der Waals surface area contributed by atoms with Crippen LogP contribution in [0, 0.1) is 0 Å². The molecule has 0 atom stereocenters. The van der Waals surface area contributed by atoms with Crippen molar-refractivity contribution < 1.29 is 9.90 Å². The van der Waals surface area contributed by atoms with E-state index >= 15 is 0 Å². The lowest BCUT2D eigenvalue weighted by Crippen LogP contribution is -2.21. The molecule has 1 N–H and O–H groups in total. The van der Waals surface area contributed by atoms with Gasteiger partial charge in [-0.25, -0.2) is 14.5 Å². The summed E-state index contributed by atoms with van der Waals surface area (Å²) in [6, 6.07) is 4.86. The van der Waals surface area contributed by atoms with Crippen LogP contribution in [-0.4, -0.2) is 35.6 Å². The van der Waals surface area contributed by atoms with Gasteiger partial charge in [0.05, 0.1) is 28.7 Å². The van der Waals surface area contributed by atoms with E-state index in [1.807, 2.05) is 17.0 Å². The minimum absolute atomic E-state index is 0.117. The molecule has 0 unspecified atom stereocenters. The van der Waals surface area contributed by atoms with Gasteiger partial charge < -0.3 is 5.11 Å². The number of hydrogen-bond acceptors (Lipinski definition) is 5. The van der Waals surface area contributed by atoms with Crippen molar-refractivity contribution in [2.75, 3.05) is 0 Å².